The zero-order valence-electron chi connectivity index (χ0n) is 10.5. The van der Waals surface area contributed by atoms with Gasteiger partial charge in [0.15, 0.2) is 6.23 Å². The fourth-order valence-corrected chi connectivity index (χ4v) is 1.69. The summed E-state index contributed by atoms with van der Waals surface area (Å²) < 4.78 is 12.3. The zero-order valence-corrected chi connectivity index (χ0v) is 12.8. The second-order valence-electron chi connectivity index (χ2n) is 4.01. The molecule has 0 aromatic carbocycles. The van der Waals surface area contributed by atoms with Gasteiger partial charge in [-0.3, -0.25) is 9.59 Å². The van der Waals surface area contributed by atoms with Crippen LogP contribution in [0.15, 0.2) is 0 Å². The van der Waals surface area contributed by atoms with Gasteiger partial charge in [0.2, 0.25) is 5.91 Å². The minimum Gasteiger partial charge on any atom is -0.441 e. The molecule has 7 nitrogen and oxygen atoms in total. The van der Waals surface area contributed by atoms with Crippen molar-refractivity contribution in [3.63, 3.8) is 0 Å². The van der Waals surface area contributed by atoms with Crippen molar-refractivity contribution in [1.29, 1.82) is 0 Å². The van der Waals surface area contributed by atoms with Gasteiger partial charge in [0.25, 0.3) is 4.52 Å². The largest absolute Gasteiger partial charge is 0.511 e. The molecule has 3 atom stereocenters. The number of rotatable bonds is 5. The Bertz CT molecular complexity index is 416. The minimum atomic E-state index is -1.92. The van der Waals surface area contributed by atoms with Crippen LogP contribution >= 0.6 is 34.8 Å². The molecule has 1 aliphatic rings. The molecule has 114 valence electrons. The number of ether oxygens (including phenoxy) is 3. The molecule has 0 bridgehead atoms. The monoisotopic (exact) mass is 347 g/mol. The van der Waals surface area contributed by atoms with Gasteiger partial charge in [-0.15, -0.1) is 11.6 Å². The lowest BCUT2D eigenvalue weighted by atomic mass is 9.93. The third-order valence-electron chi connectivity index (χ3n) is 2.38. The standard InChI is InChI=1S/C10H12Cl3NO6/c1-4(18-9(17)20-10(12,13)3-11)6-7(16)14-8(6)19-5(2)15/h4,6,8H,3H2,1-2H3,(H,14,16). The maximum Gasteiger partial charge on any atom is 0.511 e. The van der Waals surface area contributed by atoms with E-state index in [4.69, 9.17) is 44.3 Å². The molecule has 0 aromatic heterocycles. The molecular formula is C10H12Cl3NO6. The molecule has 10 heteroatoms. The first-order valence-corrected chi connectivity index (χ1v) is 6.76. The van der Waals surface area contributed by atoms with Crippen LogP contribution in [0.5, 0.6) is 0 Å². The lowest BCUT2D eigenvalue weighted by Crippen LogP contribution is -2.64. The van der Waals surface area contributed by atoms with E-state index in [-0.39, 0.29) is 5.88 Å². The van der Waals surface area contributed by atoms with Crippen LogP contribution in [0.25, 0.3) is 0 Å². The lowest BCUT2D eigenvalue weighted by Gasteiger charge is -2.38. The molecule has 0 aromatic rings. The van der Waals surface area contributed by atoms with E-state index in [0.717, 1.165) is 0 Å². The highest BCUT2D eigenvalue weighted by Crippen LogP contribution is 2.27. The third kappa shape index (κ3) is 4.57. The van der Waals surface area contributed by atoms with Crippen LogP contribution in [0.4, 0.5) is 4.79 Å². The molecule has 1 saturated heterocycles. The fraction of sp³-hybridized carbons (Fsp3) is 0.700. The molecule has 1 heterocycles. The average Bonchev–Trinajstić information content (AvgIpc) is 2.26. The maximum atomic E-state index is 11.4. The first-order chi connectivity index (χ1) is 9.16. The van der Waals surface area contributed by atoms with Crippen molar-refractivity contribution >= 4 is 52.8 Å². The number of nitrogens with one attached hydrogen (secondary N) is 1. The van der Waals surface area contributed by atoms with E-state index >= 15 is 0 Å². The van der Waals surface area contributed by atoms with Crippen molar-refractivity contribution in [3.05, 3.63) is 0 Å². The first kappa shape index (κ1) is 17.1. The van der Waals surface area contributed by atoms with Crippen molar-refractivity contribution in [2.75, 3.05) is 5.88 Å². The van der Waals surface area contributed by atoms with Gasteiger partial charge in [0.1, 0.15) is 12.0 Å². The molecule has 1 N–H and O–H groups in total. The highest BCUT2D eigenvalue weighted by Gasteiger charge is 2.47. The quantitative estimate of drug-likeness (QED) is 0.460. The molecule has 1 aliphatic heterocycles. The number of halogens is 3. The molecule has 20 heavy (non-hydrogen) atoms. The van der Waals surface area contributed by atoms with E-state index in [2.05, 4.69) is 10.1 Å². The Morgan fingerprint density at radius 2 is 2.05 bits per heavy atom. The van der Waals surface area contributed by atoms with Crippen LogP contribution in [0.3, 0.4) is 0 Å². The number of amides is 1. The van der Waals surface area contributed by atoms with Crippen molar-refractivity contribution in [1.82, 2.24) is 5.32 Å². The lowest BCUT2D eigenvalue weighted by molar-refractivity contribution is -0.174. The normalized spacial score (nSPS) is 23.1. The Hall–Kier alpha value is -0.920. The zero-order chi connectivity index (χ0) is 15.5. The first-order valence-electron chi connectivity index (χ1n) is 5.47. The van der Waals surface area contributed by atoms with Crippen molar-refractivity contribution in [2.24, 2.45) is 5.92 Å². The van der Waals surface area contributed by atoms with Crippen LogP contribution in [-0.4, -0.2) is 40.8 Å². The van der Waals surface area contributed by atoms with Gasteiger partial charge in [0.05, 0.1) is 5.88 Å². The van der Waals surface area contributed by atoms with E-state index in [1.54, 1.807) is 0 Å². The van der Waals surface area contributed by atoms with Gasteiger partial charge < -0.3 is 19.5 Å². The molecule has 0 radical (unpaired) electrons. The number of carbonyl (C=O) groups excluding carboxylic acids is 3. The average molecular weight is 349 g/mol. The van der Waals surface area contributed by atoms with Gasteiger partial charge in [-0.05, 0) is 6.92 Å². The van der Waals surface area contributed by atoms with Crippen molar-refractivity contribution in [3.8, 4) is 0 Å². The second-order valence-corrected chi connectivity index (χ2v) is 5.69. The number of carbonyl (C=O) groups is 3. The summed E-state index contributed by atoms with van der Waals surface area (Å²) in [5.74, 6) is -2.18. The number of hydrogen-bond donors (Lipinski definition) is 1. The number of hydrogen-bond acceptors (Lipinski definition) is 6. The van der Waals surface area contributed by atoms with Crippen LogP contribution in [0.2, 0.25) is 0 Å². The summed E-state index contributed by atoms with van der Waals surface area (Å²) in [7, 11) is 0. The molecule has 3 unspecified atom stereocenters. The number of alkyl halides is 3. The third-order valence-corrected chi connectivity index (χ3v) is 3.45. The summed E-state index contributed by atoms with van der Waals surface area (Å²) >= 11 is 16.4. The van der Waals surface area contributed by atoms with E-state index in [9.17, 15) is 14.4 Å². The Morgan fingerprint density at radius 3 is 2.50 bits per heavy atom. The number of β-lactam (4-membered cyclic amide) rings is 1. The topological polar surface area (TPSA) is 90.9 Å². The minimum absolute atomic E-state index is 0.362. The van der Waals surface area contributed by atoms with Gasteiger partial charge in [-0.2, -0.15) is 0 Å². The van der Waals surface area contributed by atoms with Gasteiger partial charge >= 0.3 is 12.1 Å². The SMILES string of the molecule is CC(=O)OC1NC(=O)C1C(C)OC(=O)OC(Cl)(Cl)CCl. The van der Waals surface area contributed by atoms with E-state index in [1.807, 2.05) is 0 Å². The summed E-state index contributed by atoms with van der Waals surface area (Å²) in [6.45, 7) is 2.63. The highest BCUT2D eigenvalue weighted by molar-refractivity contribution is 6.50. The van der Waals surface area contributed by atoms with Gasteiger partial charge in [-0.25, -0.2) is 4.79 Å². The smallest absolute Gasteiger partial charge is 0.441 e. The van der Waals surface area contributed by atoms with Crippen molar-refractivity contribution in [2.45, 2.75) is 30.7 Å². The summed E-state index contributed by atoms with van der Waals surface area (Å²) in [6, 6.07) is 0. The second kappa shape index (κ2) is 6.69. The maximum absolute atomic E-state index is 11.4. The predicted molar refractivity (Wildman–Crippen MR) is 69.4 cm³/mol. The van der Waals surface area contributed by atoms with Gasteiger partial charge in [0, 0.05) is 6.92 Å². The molecule has 1 amide bonds. The predicted octanol–water partition coefficient (Wildman–Crippen LogP) is 1.53. The van der Waals surface area contributed by atoms with Crippen LogP contribution in [-0.2, 0) is 23.8 Å². The van der Waals surface area contributed by atoms with Crippen LogP contribution in [0.1, 0.15) is 13.8 Å². The summed E-state index contributed by atoms with van der Waals surface area (Å²) in [6.07, 6.45) is -2.95. The highest BCUT2D eigenvalue weighted by atomic mass is 35.5. The fourth-order valence-electron chi connectivity index (χ4n) is 1.51. The van der Waals surface area contributed by atoms with Crippen LogP contribution < -0.4 is 5.32 Å². The van der Waals surface area contributed by atoms with Crippen LogP contribution in [0, 0.1) is 5.92 Å². The number of esters is 1. The Labute approximate surface area is 129 Å². The summed E-state index contributed by atoms with van der Waals surface area (Å²) in [5.41, 5.74) is 0. The Morgan fingerprint density at radius 1 is 1.45 bits per heavy atom. The molecule has 0 saturated carbocycles. The van der Waals surface area contributed by atoms with E-state index in [0.29, 0.717) is 0 Å². The Balaban J connectivity index is 2.53. The summed E-state index contributed by atoms with van der Waals surface area (Å²) in [5, 5.41) is 2.35. The summed E-state index contributed by atoms with van der Waals surface area (Å²) in [4.78, 5) is 33.6. The molecule has 1 rings (SSSR count). The van der Waals surface area contributed by atoms with Gasteiger partial charge in [-0.1, -0.05) is 23.2 Å². The Kier molecular flexibility index (Phi) is 5.73. The molecule has 0 aliphatic carbocycles. The van der Waals surface area contributed by atoms with E-state index in [1.165, 1.54) is 13.8 Å². The van der Waals surface area contributed by atoms with E-state index < -0.39 is 40.8 Å². The molecule has 1 fully saturated rings. The molecular weight excluding hydrogens is 336 g/mol. The van der Waals surface area contributed by atoms with Crippen molar-refractivity contribution < 1.29 is 28.6 Å². The molecule has 0 spiro atoms.